The van der Waals surface area contributed by atoms with Gasteiger partial charge in [-0.1, -0.05) is 36.4 Å². The molecule has 0 atom stereocenters. The molecule has 0 bridgehead atoms. The van der Waals surface area contributed by atoms with Crippen molar-refractivity contribution in [2.75, 3.05) is 12.9 Å². The highest BCUT2D eigenvalue weighted by Gasteiger charge is 2.11. The van der Waals surface area contributed by atoms with E-state index in [0.717, 1.165) is 17.7 Å². The Labute approximate surface area is 130 Å². The molecule has 0 saturated heterocycles. The molecule has 2 aromatic carbocycles. The van der Waals surface area contributed by atoms with Crippen molar-refractivity contribution in [1.82, 2.24) is 0 Å². The van der Waals surface area contributed by atoms with Crippen LogP contribution >= 0.6 is 11.8 Å². The molecule has 2 aromatic rings. The van der Waals surface area contributed by atoms with Crippen LogP contribution in [0.15, 0.2) is 53.4 Å². The predicted octanol–water partition coefficient (Wildman–Crippen LogP) is 3.70. The van der Waals surface area contributed by atoms with Gasteiger partial charge in [0, 0.05) is 4.90 Å². The van der Waals surface area contributed by atoms with Gasteiger partial charge in [-0.15, -0.1) is 11.8 Å². The second-order valence-electron chi connectivity index (χ2n) is 4.68. The number of rotatable bonds is 7. The fourth-order valence-electron chi connectivity index (χ4n) is 2.17. The van der Waals surface area contributed by atoms with E-state index in [-0.39, 0.29) is 5.84 Å². The first-order valence-corrected chi connectivity index (χ1v) is 8.13. The summed E-state index contributed by atoms with van der Waals surface area (Å²) in [6.45, 7) is 0.618. The van der Waals surface area contributed by atoms with E-state index < -0.39 is 0 Å². The van der Waals surface area contributed by atoms with Crippen LogP contribution in [0.4, 0.5) is 0 Å². The molecule has 0 heterocycles. The standard InChI is InChI=1S/C17H20N2OS/c1-21-15-11-5-10-14(16(15)17(18)19)20-12-6-9-13-7-3-2-4-8-13/h2-5,7-8,10-11H,6,9,12H2,1H3,(H3,18,19). The average molecular weight is 300 g/mol. The summed E-state index contributed by atoms with van der Waals surface area (Å²) in [5.41, 5.74) is 7.69. The molecule has 0 saturated carbocycles. The summed E-state index contributed by atoms with van der Waals surface area (Å²) in [5, 5.41) is 7.72. The van der Waals surface area contributed by atoms with E-state index in [2.05, 4.69) is 12.1 Å². The molecule has 2 rings (SSSR count). The van der Waals surface area contributed by atoms with Gasteiger partial charge in [-0.3, -0.25) is 5.41 Å². The van der Waals surface area contributed by atoms with Crippen LogP contribution in [0.5, 0.6) is 5.75 Å². The zero-order valence-electron chi connectivity index (χ0n) is 12.1. The van der Waals surface area contributed by atoms with Gasteiger partial charge in [0.05, 0.1) is 12.2 Å². The van der Waals surface area contributed by atoms with Gasteiger partial charge in [-0.2, -0.15) is 0 Å². The van der Waals surface area contributed by atoms with Crippen molar-refractivity contribution in [2.24, 2.45) is 5.73 Å². The molecule has 0 aliphatic heterocycles. The van der Waals surface area contributed by atoms with E-state index in [9.17, 15) is 0 Å². The van der Waals surface area contributed by atoms with Crippen molar-refractivity contribution >= 4 is 17.6 Å². The first-order chi connectivity index (χ1) is 10.2. The second kappa shape index (κ2) is 7.74. The highest BCUT2D eigenvalue weighted by Crippen LogP contribution is 2.28. The van der Waals surface area contributed by atoms with Crippen LogP contribution in [0.2, 0.25) is 0 Å². The fourth-order valence-corrected chi connectivity index (χ4v) is 2.80. The van der Waals surface area contributed by atoms with Crippen molar-refractivity contribution in [3.05, 3.63) is 59.7 Å². The molecule has 21 heavy (non-hydrogen) atoms. The lowest BCUT2D eigenvalue weighted by Crippen LogP contribution is -2.15. The maximum absolute atomic E-state index is 7.72. The molecule has 3 N–H and O–H groups in total. The predicted molar refractivity (Wildman–Crippen MR) is 89.5 cm³/mol. The van der Waals surface area contributed by atoms with Gasteiger partial charge in [0.25, 0.3) is 0 Å². The first-order valence-electron chi connectivity index (χ1n) is 6.90. The minimum atomic E-state index is 0.0537. The van der Waals surface area contributed by atoms with Crippen LogP contribution in [0.3, 0.4) is 0 Å². The number of nitrogens with one attached hydrogen (secondary N) is 1. The highest BCUT2D eigenvalue weighted by molar-refractivity contribution is 7.98. The molecule has 0 radical (unpaired) electrons. The van der Waals surface area contributed by atoms with Gasteiger partial charge >= 0.3 is 0 Å². The minimum Gasteiger partial charge on any atom is -0.493 e. The third kappa shape index (κ3) is 4.26. The topological polar surface area (TPSA) is 59.1 Å². The Morgan fingerprint density at radius 3 is 2.57 bits per heavy atom. The molecule has 0 aromatic heterocycles. The van der Waals surface area contributed by atoms with Gasteiger partial charge in [-0.25, -0.2) is 0 Å². The maximum Gasteiger partial charge on any atom is 0.131 e. The Morgan fingerprint density at radius 2 is 1.90 bits per heavy atom. The molecular weight excluding hydrogens is 280 g/mol. The van der Waals surface area contributed by atoms with Crippen LogP contribution < -0.4 is 10.5 Å². The summed E-state index contributed by atoms with van der Waals surface area (Å²) in [4.78, 5) is 0.975. The largest absolute Gasteiger partial charge is 0.493 e. The van der Waals surface area contributed by atoms with E-state index >= 15 is 0 Å². The van der Waals surface area contributed by atoms with E-state index in [1.54, 1.807) is 11.8 Å². The number of thioether (sulfide) groups is 1. The number of hydrogen-bond donors (Lipinski definition) is 2. The maximum atomic E-state index is 7.72. The molecular formula is C17H20N2OS. The number of benzene rings is 2. The molecule has 0 amide bonds. The summed E-state index contributed by atoms with van der Waals surface area (Å²) in [7, 11) is 0. The van der Waals surface area contributed by atoms with Crippen LogP contribution in [-0.4, -0.2) is 18.7 Å². The number of nitrogens with two attached hydrogens (primary N) is 1. The van der Waals surface area contributed by atoms with Gasteiger partial charge < -0.3 is 10.5 Å². The van der Waals surface area contributed by atoms with Gasteiger partial charge in [0.1, 0.15) is 11.6 Å². The lowest BCUT2D eigenvalue weighted by molar-refractivity contribution is 0.309. The summed E-state index contributed by atoms with van der Waals surface area (Å²) in [6.07, 6.45) is 3.89. The number of hydrogen-bond acceptors (Lipinski definition) is 3. The third-order valence-corrected chi connectivity index (χ3v) is 3.97. The number of nitrogen functional groups attached to an aromatic ring is 1. The van der Waals surface area contributed by atoms with E-state index in [1.165, 1.54) is 5.56 Å². The number of aryl methyl sites for hydroxylation is 1. The lowest BCUT2D eigenvalue weighted by atomic mass is 10.1. The highest BCUT2D eigenvalue weighted by atomic mass is 32.2. The summed E-state index contributed by atoms with van der Waals surface area (Å²) >= 11 is 1.57. The quantitative estimate of drug-likeness (QED) is 0.355. The zero-order valence-corrected chi connectivity index (χ0v) is 13.0. The molecule has 0 aliphatic carbocycles. The van der Waals surface area contributed by atoms with Crippen molar-refractivity contribution in [3.63, 3.8) is 0 Å². The Balaban J connectivity index is 1.95. The molecule has 0 fully saturated rings. The summed E-state index contributed by atoms with van der Waals surface area (Å²) in [5.74, 6) is 0.750. The number of amidine groups is 1. The molecule has 0 spiro atoms. The fraction of sp³-hybridized carbons (Fsp3) is 0.235. The second-order valence-corrected chi connectivity index (χ2v) is 5.53. The Bertz CT molecular complexity index is 599. The Hall–Kier alpha value is -1.94. The smallest absolute Gasteiger partial charge is 0.131 e. The lowest BCUT2D eigenvalue weighted by Gasteiger charge is -2.13. The van der Waals surface area contributed by atoms with Crippen molar-refractivity contribution < 1.29 is 4.74 Å². The van der Waals surface area contributed by atoms with Crippen LogP contribution in [0.1, 0.15) is 17.5 Å². The normalized spacial score (nSPS) is 10.3. The average Bonchev–Trinajstić information content (AvgIpc) is 2.52. The van der Waals surface area contributed by atoms with E-state index in [4.69, 9.17) is 15.9 Å². The monoisotopic (exact) mass is 300 g/mol. The Kier molecular flexibility index (Phi) is 5.69. The summed E-state index contributed by atoms with van der Waals surface area (Å²) in [6, 6.07) is 16.1. The third-order valence-electron chi connectivity index (χ3n) is 3.19. The van der Waals surface area contributed by atoms with E-state index in [0.29, 0.717) is 17.9 Å². The molecule has 0 unspecified atom stereocenters. The van der Waals surface area contributed by atoms with Gasteiger partial charge in [0.2, 0.25) is 0 Å². The van der Waals surface area contributed by atoms with Gasteiger partial charge in [-0.05, 0) is 36.8 Å². The van der Waals surface area contributed by atoms with E-state index in [1.807, 2.05) is 42.7 Å². The van der Waals surface area contributed by atoms with Gasteiger partial charge in [0.15, 0.2) is 0 Å². The van der Waals surface area contributed by atoms with Crippen LogP contribution in [0, 0.1) is 5.41 Å². The molecule has 4 heteroatoms. The molecule has 110 valence electrons. The Morgan fingerprint density at radius 1 is 1.14 bits per heavy atom. The molecule has 0 aliphatic rings. The summed E-state index contributed by atoms with van der Waals surface area (Å²) < 4.78 is 5.83. The van der Waals surface area contributed by atoms with Crippen molar-refractivity contribution in [2.45, 2.75) is 17.7 Å². The van der Waals surface area contributed by atoms with Crippen molar-refractivity contribution in [1.29, 1.82) is 5.41 Å². The first kappa shape index (κ1) is 15.4. The molecule has 3 nitrogen and oxygen atoms in total. The zero-order chi connectivity index (χ0) is 15.1. The number of ether oxygens (including phenoxy) is 1. The van der Waals surface area contributed by atoms with Crippen LogP contribution in [0.25, 0.3) is 0 Å². The minimum absolute atomic E-state index is 0.0537. The van der Waals surface area contributed by atoms with Crippen LogP contribution in [-0.2, 0) is 6.42 Å². The SMILES string of the molecule is CSc1cccc(OCCCc2ccccc2)c1C(=N)N. The van der Waals surface area contributed by atoms with Crippen molar-refractivity contribution in [3.8, 4) is 5.75 Å².